The van der Waals surface area contributed by atoms with E-state index in [1.807, 2.05) is 6.07 Å². The molecule has 0 radical (unpaired) electrons. The van der Waals surface area contributed by atoms with Crippen molar-refractivity contribution in [1.82, 2.24) is 9.88 Å². The first-order valence-electron chi connectivity index (χ1n) is 7.16. The summed E-state index contributed by atoms with van der Waals surface area (Å²) in [6, 6.07) is 5.39. The molecule has 2 heterocycles. The fourth-order valence-corrected chi connectivity index (χ4v) is 2.49. The quantitative estimate of drug-likeness (QED) is 0.842. The molecule has 1 fully saturated rings. The van der Waals surface area contributed by atoms with Crippen LogP contribution in [0.1, 0.15) is 31.2 Å². The molecule has 21 heavy (non-hydrogen) atoms. The van der Waals surface area contributed by atoms with E-state index < -0.39 is 6.09 Å². The second-order valence-corrected chi connectivity index (χ2v) is 5.20. The van der Waals surface area contributed by atoms with Gasteiger partial charge in [0, 0.05) is 25.4 Å². The monoisotopic (exact) mass is 289 g/mol. The van der Waals surface area contributed by atoms with Gasteiger partial charge in [-0.05, 0) is 37.7 Å². The number of carbonyl (C=O) groups is 1. The number of amides is 1. The summed E-state index contributed by atoms with van der Waals surface area (Å²) >= 11 is 0. The van der Waals surface area contributed by atoms with Gasteiger partial charge in [0.2, 0.25) is 5.88 Å². The van der Waals surface area contributed by atoms with Gasteiger partial charge in [0.15, 0.2) is 0 Å². The molecule has 0 atom stereocenters. The number of nitrogens with zero attached hydrogens (tertiary/aromatic N) is 3. The number of aromatic nitrogens is 1. The van der Waals surface area contributed by atoms with Crippen LogP contribution in [-0.2, 0) is 0 Å². The molecule has 0 spiro atoms. The van der Waals surface area contributed by atoms with Crippen LogP contribution in [0.5, 0.6) is 5.88 Å². The molecule has 1 saturated heterocycles. The fourth-order valence-electron chi connectivity index (χ4n) is 2.49. The minimum Gasteiger partial charge on any atom is -0.478 e. The zero-order valence-corrected chi connectivity index (χ0v) is 11.9. The van der Waals surface area contributed by atoms with Gasteiger partial charge in [0.1, 0.15) is 6.07 Å². The van der Waals surface area contributed by atoms with Gasteiger partial charge in [-0.15, -0.1) is 0 Å². The standard InChI is InChI=1S/C15H19N3O3/c16-10-13-3-4-14(17-11-13)21-9-1-2-12-5-7-18(8-6-12)15(19)20/h3-4,11-12H,1-2,5-9H2,(H,19,20). The van der Waals surface area contributed by atoms with E-state index in [-0.39, 0.29) is 0 Å². The number of pyridine rings is 1. The first-order valence-corrected chi connectivity index (χ1v) is 7.16. The number of ether oxygens (including phenoxy) is 1. The van der Waals surface area contributed by atoms with Gasteiger partial charge in [-0.3, -0.25) is 0 Å². The molecule has 0 aliphatic carbocycles. The molecule has 0 unspecified atom stereocenters. The second kappa shape index (κ2) is 7.48. The Morgan fingerprint density at radius 2 is 2.24 bits per heavy atom. The van der Waals surface area contributed by atoms with Crippen molar-refractivity contribution < 1.29 is 14.6 Å². The van der Waals surface area contributed by atoms with Crippen LogP contribution >= 0.6 is 0 Å². The third-order valence-corrected chi connectivity index (χ3v) is 3.76. The first-order chi connectivity index (χ1) is 10.2. The molecule has 0 bridgehead atoms. The van der Waals surface area contributed by atoms with Crippen molar-refractivity contribution in [1.29, 1.82) is 5.26 Å². The van der Waals surface area contributed by atoms with Gasteiger partial charge in [0.05, 0.1) is 12.2 Å². The largest absolute Gasteiger partial charge is 0.478 e. The number of hydrogen-bond donors (Lipinski definition) is 1. The summed E-state index contributed by atoms with van der Waals surface area (Å²) in [6.45, 7) is 1.87. The van der Waals surface area contributed by atoms with E-state index >= 15 is 0 Å². The number of piperidine rings is 1. The molecule has 1 aromatic heterocycles. The zero-order chi connectivity index (χ0) is 15.1. The summed E-state index contributed by atoms with van der Waals surface area (Å²) in [5.41, 5.74) is 0.521. The summed E-state index contributed by atoms with van der Waals surface area (Å²) in [6.07, 6.45) is 4.52. The minimum absolute atomic E-state index is 0.521. The molecule has 1 aromatic rings. The van der Waals surface area contributed by atoms with Crippen molar-refractivity contribution in [3.8, 4) is 11.9 Å². The summed E-state index contributed by atoms with van der Waals surface area (Å²) < 4.78 is 5.53. The number of carboxylic acid groups (broad SMARTS) is 1. The van der Waals surface area contributed by atoms with E-state index in [1.165, 1.54) is 11.1 Å². The van der Waals surface area contributed by atoms with Gasteiger partial charge in [-0.25, -0.2) is 9.78 Å². The molecule has 1 aliphatic rings. The van der Waals surface area contributed by atoms with Crippen LogP contribution < -0.4 is 4.74 Å². The van der Waals surface area contributed by atoms with Crippen LogP contribution in [0, 0.1) is 17.2 Å². The Labute approximate surface area is 124 Å². The Morgan fingerprint density at radius 1 is 1.48 bits per heavy atom. The van der Waals surface area contributed by atoms with E-state index in [0.717, 1.165) is 25.7 Å². The molecule has 6 heteroatoms. The molecular formula is C15H19N3O3. The lowest BCUT2D eigenvalue weighted by Crippen LogP contribution is -2.37. The highest BCUT2D eigenvalue weighted by Gasteiger charge is 2.21. The van der Waals surface area contributed by atoms with E-state index in [2.05, 4.69) is 4.98 Å². The van der Waals surface area contributed by atoms with E-state index in [4.69, 9.17) is 15.1 Å². The van der Waals surface area contributed by atoms with Gasteiger partial charge < -0.3 is 14.7 Å². The van der Waals surface area contributed by atoms with Crippen LogP contribution in [0.25, 0.3) is 0 Å². The third kappa shape index (κ3) is 4.63. The summed E-state index contributed by atoms with van der Waals surface area (Å²) in [5, 5.41) is 17.5. The Hall–Kier alpha value is -2.29. The number of hydrogen-bond acceptors (Lipinski definition) is 4. The van der Waals surface area contributed by atoms with Crippen molar-refractivity contribution in [3.05, 3.63) is 23.9 Å². The number of rotatable bonds is 5. The summed E-state index contributed by atoms with van der Waals surface area (Å²) in [4.78, 5) is 16.3. The normalized spacial score (nSPS) is 15.5. The topological polar surface area (TPSA) is 86.5 Å². The smallest absolute Gasteiger partial charge is 0.407 e. The maximum Gasteiger partial charge on any atom is 0.407 e. The number of nitriles is 1. The molecule has 1 N–H and O–H groups in total. The lowest BCUT2D eigenvalue weighted by Gasteiger charge is -2.29. The van der Waals surface area contributed by atoms with Crippen LogP contribution in [0.4, 0.5) is 4.79 Å². The molecule has 0 aromatic carbocycles. The number of likely N-dealkylation sites (tertiary alicyclic amines) is 1. The van der Waals surface area contributed by atoms with Crippen molar-refractivity contribution in [3.63, 3.8) is 0 Å². The van der Waals surface area contributed by atoms with Gasteiger partial charge >= 0.3 is 6.09 Å². The predicted octanol–water partition coefficient (Wildman–Crippen LogP) is 2.50. The minimum atomic E-state index is -0.816. The molecule has 1 aliphatic heterocycles. The van der Waals surface area contributed by atoms with E-state index in [9.17, 15) is 4.79 Å². The predicted molar refractivity (Wildman–Crippen MR) is 76.0 cm³/mol. The Bertz CT molecular complexity index is 502. The maximum atomic E-state index is 10.8. The van der Waals surface area contributed by atoms with Crippen molar-refractivity contribution >= 4 is 6.09 Å². The third-order valence-electron chi connectivity index (χ3n) is 3.76. The van der Waals surface area contributed by atoms with Crippen LogP contribution in [-0.4, -0.2) is 40.8 Å². The van der Waals surface area contributed by atoms with Crippen molar-refractivity contribution in [2.75, 3.05) is 19.7 Å². The average Bonchev–Trinajstić information content (AvgIpc) is 2.52. The maximum absolute atomic E-state index is 10.8. The second-order valence-electron chi connectivity index (χ2n) is 5.20. The van der Waals surface area contributed by atoms with Gasteiger partial charge in [0.25, 0.3) is 0 Å². The highest BCUT2D eigenvalue weighted by Crippen LogP contribution is 2.22. The first kappa shape index (κ1) is 15.1. The molecule has 112 valence electrons. The van der Waals surface area contributed by atoms with Gasteiger partial charge in [-0.2, -0.15) is 5.26 Å². The highest BCUT2D eigenvalue weighted by molar-refractivity contribution is 5.64. The summed E-state index contributed by atoms with van der Waals surface area (Å²) in [7, 11) is 0. The molecule has 1 amide bonds. The lowest BCUT2D eigenvalue weighted by atomic mass is 9.92. The van der Waals surface area contributed by atoms with Crippen LogP contribution in [0.3, 0.4) is 0 Å². The Morgan fingerprint density at radius 3 is 2.81 bits per heavy atom. The van der Waals surface area contributed by atoms with Gasteiger partial charge in [-0.1, -0.05) is 0 Å². The lowest BCUT2D eigenvalue weighted by molar-refractivity contribution is 0.121. The summed E-state index contributed by atoms with van der Waals surface area (Å²) in [5.74, 6) is 1.12. The molecular weight excluding hydrogens is 270 g/mol. The SMILES string of the molecule is N#Cc1ccc(OCCCC2CCN(C(=O)O)CC2)nc1. The Kier molecular flexibility index (Phi) is 5.38. The van der Waals surface area contributed by atoms with Crippen LogP contribution in [0.15, 0.2) is 18.3 Å². The average molecular weight is 289 g/mol. The van der Waals surface area contributed by atoms with Crippen LogP contribution in [0.2, 0.25) is 0 Å². The van der Waals surface area contributed by atoms with E-state index in [0.29, 0.717) is 37.1 Å². The fraction of sp³-hybridized carbons (Fsp3) is 0.533. The molecule has 0 saturated carbocycles. The van der Waals surface area contributed by atoms with E-state index in [1.54, 1.807) is 12.1 Å². The molecule has 2 rings (SSSR count). The van der Waals surface area contributed by atoms with Crippen molar-refractivity contribution in [2.24, 2.45) is 5.92 Å². The highest BCUT2D eigenvalue weighted by atomic mass is 16.5. The molecule has 6 nitrogen and oxygen atoms in total. The Balaban J connectivity index is 1.62. The zero-order valence-electron chi connectivity index (χ0n) is 11.9. The van der Waals surface area contributed by atoms with Crippen molar-refractivity contribution in [2.45, 2.75) is 25.7 Å².